The van der Waals surface area contributed by atoms with Gasteiger partial charge in [-0.25, -0.2) is 0 Å². The van der Waals surface area contributed by atoms with Crippen LogP contribution in [0.5, 0.6) is 5.75 Å². The molecule has 0 radical (unpaired) electrons. The van der Waals surface area contributed by atoms with Crippen LogP contribution < -0.4 is 20.5 Å². The highest BCUT2D eigenvalue weighted by Gasteiger charge is 2.29. The largest absolute Gasteiger partial charge is 0.497 e. The summed E-state index contributed by atoms with van der Waals surface area (Å²) in [6, 6.07) is 22.1. The average Bonchev–Trinajstić information content (AvgIpc) is 3.32. The Kier molecular flexibility index (Phi) is 7.31. The van der Waals surface area contributed by atoms with Crippen LogP contribution in [0.25, 0.3) is 11.3 Å². The van der Waals surface area contributed by atoms with Crippen molar-refractivity contribution in [1.82, 2.24) is 21.0 Å². The van der Waals surface area contributed by atoms with Crippen molar-refractivity contribution >= 4 is 40.7 Å². The molecule has 0 aliphatic heterocycles. The van der Waals surface area contributed by atoms with Crippen molar-refractivity contribution in [2.24, 2.45) is 0 Å². The van der Waals surface area contributed by atoms with Gasteiger partial charge in [-0.15, -0.1) is 0 Å². The van der Waals surface area contributed by atoms with Gasteiger partial charge in [-0.05, 0) is 36.4 Å². The molecular formula is C26H22ClN5O4. The number of hydrogen-bond donors (Lipinski definition) is 3. The van der Waals surface area contributed by atoms with E-state index >= 15 is 0 Å². The molecule has 0 unspecified atom stereocenters. The molecule has 0 saturated heterocycles. The zero-order chi connectivity index (χ0) is 25.7. The monoisotopic (exact) mass is 503 g/mol. The number of aromatic nitrogens is 2. The van der Waals surface area contributed by atoms with Crippen LogP contribution in [0, 0.1) is 0 Å². The van der Waals surface area contributed by atoms with E-state index in [-0.39, 0.29) is 17.3 Å². The van der Waals surface area contributed by atoms with Crippen LogP contribution >= 0.6 is 11.6 Å². The third-order valence-electron chi connectivity index (χ3n) is 5.26. The summed E-state index contributed by atoms with van der Waals surface area (Å²) in [5.74, 6) is -1.05. The Morgan fingerprint density at radius 2 is 1.61 bits per heavy atom. The number of benzene rings is 3. The molecule has 0 spiro atoms. The van der Waals surface area contributed by atoms with Crippen LogP contribution in [0.3, 0.4) is 0 Å². The van der Waals surface area contributed by atoms with Gasteiger partial charge in [0.25, 0.3) is 11.8 Å². The van der Waals surface area contributed by atoms with Gasteiger partial charge in [-0.3, -0.25) is 35.2 Å². The standard InChI is InChI=1S/C26H22ClN5O4/c1-16(33)32(20-9-6-10-21(15-20)36-2)24-22(17-11-13-19(27)14-12-17)28-29-23(24)26(35)31-30-25(34)18-7-4-3-5-8-18/h3-15H,1-2H3,(H,28,29)(H,30,34)(H,31,35). The number of H-pyrrole nitrogens is 1. The first kappa shape index (κ1) is 24.5. The van der Waals surface area contributed by atoms with Gasteiger partial charge < -0.3 is 4.74 Å². The van der Waals surface area contributed by atoms with E-state index in [1.165, 1.54) is 18.9 Å². The molecule has 182 valence electrons. The first-order valence-electron chi connectivity index (χ1n) is 10.8. The minimum absolute atomic E-state index is 0.0358. The molecule has 3 amide bonds. The molecule has 10 heteroatoms. The number of halogens is 1. The SMILES string of the molecule is COc1cccc(N(C(C)=O)c2c(-c3ccc(Cl)cc3)n[nH]c2C(=O)NNC(=O)c2ccccc2)c1. The Hall–Kier alpha value is -4.63. The summed E-state index contributed by atoms with van der Waals surface area (Å²) >= 11 is 6.05. The van der Waals surface area contributed by atoms with Crippen LogP contribution in [0.4, 0.5) is 11.4 Å². The zero-order valence-corrected chi connectivity index (χ0v) is 20.2. The van der Waals surface area contributed by atoms with E-state index in [4.69, 9.17) is 16.3 Å². The van der Waals surface area contributed by atoms with E-state index in [0.717, 1.165) is 0 Å². The second-order valence-corrected chi connectivity index (χ2v) is 8.07. The fourth-order valence-corrected chi connectivity index (χ4v) is 3.70. The number of ether oxygens (including phenoxy) is 1. The molecule has 9 nitrogen and oxygen atoms in total. The number of nitrogens with one attached hydrogen (secondary N) is 3. The molecule has 1 heterocycles. The first-order valence-corrected chi connectivity index (χ1v) is 11.2. The van der Waals surface area contributed by atoms with E-state index in [2.05, 4.69) is 21.0 Å². The summed E-state index contributed by atoms with van der Waals surface area (Å²) in [5, 5.41) is 7.56. The molecule has 0 bridgehead atoms. The molecule has 0 aliphatic carbocycles. The van der Waals surface area contributed by atoms with Crippen LogP contribution in [0.2, 0.25) is 5.02 Å². The predicted octanol–water partition coefficient (Wildman–Crippen LogP) is 4.50. The number of nitrogens with zero attached hydrogens (tertiary/aromatic N) is 2. The van der Waals surface area contributed by atoms with E-state index in [1.54, 1.807) is 78.9 Å². The maximum absolute atomic E-state index is 13.2. The van der Waals surface area contributed by atoms with E-state index < -0.39 is 11.8 Å². The van der Waals surface area contributed by atoms with E-state index in [1.807, 2.05) is 0 Å². The minimum Gasteiger partial charge on any atom is -0.497 e. The minimum atomic E-state index is -0.698. The highest BCUT2D eigenvalue weighted by atomic mass is 35.5. The lowest BCUT2D eigenvalue weighted by Gasteiger charge is -2.23. The Bertz CT molecular complexity index is 1400. The molecule has 0 atom stereocenters. The summed E-state index contributed by atoms with van der Waals surface area (Å²) in [6.45, 7) is 1.37. The molecule has 36 heavy (non-hydrogen) atoms. The van der Waals surface area contributed by atoms with Gasteiger partial charge in [-0.1, -0.05) is 48.0 Å². The van der Waals surface area contributed by atoms with Crippen LogP contribution in [0.15, 0.2) is 78.9 Å². The van der Waals surface area contributed by atoms with Crippen molar-refractivity contribution in [3.63, 3.8) is 0 Å². The van der Waals surface area contributed by atoms with Crippen LogP contribution in [0.1, 0.15) is 27.8 Å². The van der Waals surface area contributed by atoms with Crippen molar-refractivity contribution in [2.75, 3.05) is 12.0 Å². The van der Waals surface area contributed by atoms with Gasteiger partial charge in [0.1, 0.15) is 22.8 Å². The highest BCUT2D eigenvalue weighted by Crippen LogP contribution is 2.38. The maximum atomic E-state index is 13.2. The van der Waals surface area contributed by atoms with Gasteiger partial charge in [0.05, 0.1) is 12.8 Å². The molecule has 4 rings (SSSR count). The molecule has 0 saturated carbocycles. The number of rotatable bonds is 6. The first-order chi connectivity index (χ1) is 17.4. The summed E-state index contributed by atoms with van der Waals surface area (Å²) < 4.78 is 5.31. The van der Waals surface area contributed by atoms with Gasteiger partial charge >= 0.3 is 0 Å². The maximum Gasteiger partial charge on any atom is 0.289 e. The predicted molar refractivity (Wildman–Crippen MR) is 136 cm³/mol. The lowest BCUT2D eigenvalue weighted by atomic mass is 10.1. The molecule has 4 aromatic rings. The quantitative estimate of drug-likeness (QED) is 0.335. The van der Waals surface area contributed by atoms with Crippen molar-refractivity contribution in [1.29, 1.82) is 0 Å². The summed E-state index contributed by atoms with van der Waals surface area (Å²) in [4.78, 5) is 39.9. The molecule has 0 aliphatic rings. The third kappa shape index (κ3) is 5.21. The lowest BCUT2D eigenvalue weighted by Crippen LogP contribution is -2.42. The number of carbonyl (C=O) groups excluding carboxylic acids is 3. The van der Waals surface area contributed by atoms with Crippen molar-refractivity contribution in [3.05, 3.63) is 95.1 Å². The van der Waals surface area contributed by atoms with Crippen molar-refractivity contribution in [3.8, 4) is 17.0 Å². The van der Waals surface area contributed by atoms with Crippen LogP contribution in [-0.4, -0.2) is 35.0 Å². The topological polar surface area (TPSA) is 116 Å². The average molecular weight is 504 g/mol. The van der Waals surface area contributed by atoms with Gasteiger partial charge in [0.15, 0.2) is 0 Å². The fourth-order valence-electron chi connectivity index (χ4n) is 3.58. The Morgan fingerprint density at radius 3 is 2.28 bits per heavy atom. The molecule has 3 N–H and O–H groups in total. The highest BCUT2D eigenvalue weighted by molar-refractivity contribution is 6.30. The number of aromatic amines is 1. The number of amides is 3. The number of hydrazine groups is 1. The second-order valence-electron chi connectivity index (χ2n) is 7.63. The Morgan fingerprint density at radius 1 is 0.917 bits per heavy atom. The van der Waals surface area contributed by atoms with Crippen molar-refractivity contribution < 1.29 is 19.1 Å². The third-order valence-corrected chi connectivity index (χ3v) is 5.51. The molecule has 3 aromatic carbocycles. The fraction of sp³-hybridized carbons (Fsp3) is 0.0769. The normalized spacial score (nSPS) is 10.4. The molecule has 1 aromatic heterocycles. The van der Waals surface area contributed by atoms with E-state index in [0.29, 0.717) is 33.3 Å². The summed E-state index contributed by atoms with van der Waals surface area (Å²) in [5.41, 5.74) is 6.71. The Labute approximate surface area is 212 Å². The lowest BCUT2D eigenvalue weighted by molar-refractivity contribution is -0.115. The van der Waals surface area contributed by atoms with Crippen molar-refractivity contribution in [2.45, 2.75) is 6.92 Å². The van der Waals surface area contributed by atoms with Gasteiger partial charge in [0.2, 0.25) is 5.91 Å². The zero-order valence-electron chi connectivity index (χ0n) is 19.4. The molecular weight excluding hydrogens is 482 g/mol. The van der Waals surface area contributed by atoms with Gasteiger partial charge in [-0.2, -0.15) is 5.10 Å². The smallest absolute Gasteiger partial charge is 0.289 e. The number of anilines is 2. The van der Waals surface area contributed by atoms with Crippen LogP contribution in [-0.2, 0) is 4.79 Å². The number of methoxy groups -OCH3 is 1. The summed E-state index contributed by atoms with van der Waals surface area (Å²) in [6.07, 6.45) is 0. The number of carbonyl (C=O) groups is 3. The van der Waals surface area contributed by atoms with Gasteiger partial charge in [0, 0.05) is 29.1 Å². The molecule has 0 fully saturated rings. The summed E-state index contributed by atoms with van der Waals surface area (Å²) in [7, 11) is 1.52. The number of hydrogen-bond acceptors (Lipinski definition) is 5. The van der Waals surface area contributed by atoms with E-state index in [9.17, 15) is 14.4 Å². The second kappa shape index (κ2) is 10.7. The Balaban J connectivity index is 1.76.